The molecule has 0 saturated carbocycles. The van der Waals surface area contributed by atoms with Crippen LogP contribution >= 0.6 is 0 Å². The van der Waals surface area contributed by atoms with Crippen LogP contribution in [-0.2, 0) is 4.74 Å². The number of hydrogen-bond donors (Lipinski definition) is 1. The lowest BCUT2D eigenvalue weighted by molar-refractivity contribution is 0.131. The van der Waals surface area contributed by atoms with E-state index in [1.807, 2.05) is 0 Å². The van der Waals surface area contributed by atoms with Crippen LogP contribution in [0, 0.1) is 5.92 Å². The largest absolute Gasteiger partial charge is 0.453 e. The Morgan fingerprint density at radius 2 is 2.31 bits per heavy atom. The molecule has 0 unspecified atom stereocenters. The van der Waals surface area contributed by atoms with Gasteiger partial charge in [-0.1, -0.05) is 0 Å². The number of hydrogen-bond acceptors (Lipinski definition) is 3. The topological polar surface area (TPSA) is 41.6 Å². The molecule has 13 heavy (non-hydrogen) atoms. The van der Waals surface area contributed by atoms with E-state index < -0.39 is 0 Å². The summed E-state index contributed by atoms with van der Waals surface area (Å²) in [5.41, 5.74) is 0. The van der Waals surface area contributed by atoms with Gasteiger partial charge in [0, 0.05) is 13.6 Å². The van der Waals surface area contributed by atoms with Crippen molar-refractivity contribution in [2.24, 2.45) is 5.92 Å². The molecule has 1 heterocycles. The predicted molar refractivity (Wildman–Crippen MR) is 50.6 cm³/mol. The Labute approximate surface area is 79.2 Å². The lowest BCUT2D eigenvalue weighted by atomic mass is 9.97. The maximum Gasteiger partial charge on any atom is 0.409 e. The van der Waals surface area contributed by atoms with Crippen molar-refractivity contribution in [1.82, 2.24) is 10.2 Å². The highest BCUT2D eigenvalue weighted by molar-refractivity contribution is 5.66. The number of amides is 1. The number of nitrogens with one attached hydrogen (secondary N) is 1. The van der Waals surface area contributed by atoms with Crippen LogP contribution in [0.1, 0.15) is 12.8 Å². The van der Waals surface area contributed by atoms with Gasteiger partial charge in [0.2, 0.25) is 0 Å². The van der Waals surface area contributed by atoms with Crippen molar-refractivity contribution in [3.63, 3.8) is 0 Å². The molecular weight excluding hydrogens is 168 g/mol. The van der Waals surface area contributed by atoms with E-state index in [1.54, 1.807) is 11.9 Å². The normalized spacial score (nSPS) is 16.5. The molecule has 0 atom stereocenters. The maximum absolute atomic E-state index is 11.0. The van der Waals surface area contributed by atoms with Gasteiger partial charge in [-0.25, -0.2) is 4.79 Å². The van der Waals surface area contributed by atoms with E-state index in [0.717, 1.165) is 32.0 Å². The number of carbonyl (C=O) groups is 1. The maximum atomic E-state index is 11.0. The Kier molecular flexibility index (Phi) is 4.02. The van der Waals surface area contributed by atoms with E-state index in [-0.39, 0.29) is 6.09 Å². The van der Waals surface area contributed by atoms with Gasteiger partial charge < -0.3 is 15.0 Å². The molecule has 0 aromatic carbocycles. The fourth-order valence-corrected chi connectivity index (χ4v) is 1.42. The molecule has 1 aliphatic heterocycles. The second-order valence-electron chi connectivity index (χ2n) is 3.56. The van der Waals surface area contributed by atoms with Gasteiger partial charge in [-0.15, -0.1) is 0 Å². The Hall–Kier alpha value is -0.770. The smallest absolute Gasteiger partial charge is 0.409 e. The number of carbonyl (C=O) groups excluding carboxylic acids is 1. The van der Waals surface area contributed by atoms with E-state index in [0.29, 0.717) is 0 Å². The van der Waals surface area contributed by atoms with Crippen molar-refractivity contribution in [3.05, 3.63) is 0 Å². The fraction of sp³-hybridized carbons (Fsp3) is 0.889. The summed E-state index contributed by atoms with van der Waals surface area (Å²) < 4.78 is 4.58. The predicted octanol–water partition coefficient (Wildman–Crippen LogP) is 0.684. The molecule has 1 N–H and O–H groups in total. The molecule has 1 fully saturated rings. The van der Waals surface area contributed by atoms with Crippen LogP contribution < -0.4 is 5.32 Å². The first-order valence-corrected chi connectivity index (χ1v) is 4.74. The molecule has 0 radical (unpaired) electrons. The zero-order valence-electron chi connectivity index (χ0n) is 8.38. The summed E-state index contributed by atoms with van der Waals surface area (Å²) >= 11 is 0. The van der Waals surface area contributed by atoms with Crippen molar-refractivity contribution in [2.45, 2.75) is 12.8 Å². The molecule has 0 aromatic heterocycles. The quantitative estimate of drug-likeness (QED) is 0.702. The van der Waals surface area contributed by atoms with Crippen molar-refractivity contribution in [3.8, 4) is 0 Å². The summed E-state index contributed by atoms with van der Waals surface area (Å²) in [5, 5.41) is 3.23. The molecule has 0 aliphatic carbocycles. The van der Waals surface area contributed by atoms with Crippen LogP contribution in [0.25, 0.3) is 0 Å². The minimum absolute atomic E-state index is 0.244. The summed E-state index contributed by atoms with van der Waals surface area (Å²) in [6.07, 6.45) is 2.03. The van der Waals surface area contributed by atoms with Crippen LogP contribution in [0.3, 0.4) is 0 Å². The summed E-state index contributed by atoms with van der Waals surface area (Å²) in [4.78, 5) is 12.6. The molecule has 4 heteroatoms. The Morgan fingerprint density at radius 3 is 2.77 bits per heavy atom. The minimum Gasteiger partial charge on any atom is -0.453 e. The fourth-order valence-electron chi connectivity index (χ4n) is 1.42. The van der Waals surface area contributed by atoms with Crippen LogP contribution in [0.2, 0.25) is 0 Å². The van der Waals surface area contributed by atoms with Gasteiger partial charge in [0.1, 0.15) is 0 Å². The summed E-state index contributed by atoms with van der Waals surface area (Å²) in [6.45, 7) is 3.08. The first kappa shape index (κ1) is 10.3. The van der Waals surface area contributed by atoms with Gasteiger partial charge in [0.05, 0.1) is 7.11 Å². The second-order valence-corrected chi connectivity index (χ2v) is 3.56. The zero-order chi connectivity index (χ0) is 9.68. The number of ether oxygens (including phenoxy) is 1. The highest BCUT2D eigenvalue weighted by Crippen LogP contribution is 2.10. The van der Waals surface area contributed by atoms with E-state index in [2.05, 4.69) is 10.1 Å². The van der Waals surface area contributed by atoms with Crippen LogP contribution in [0.4, 0.5) is 4.79 Å². The van der Waals surface area contributed by atoms with Crippen molar-refractivity contribution >= 4 is 6.09 Å². The van der Waals surface area contributed by atoms with Gasteiger partial charge in [-0.3, -0.25) is 0 Å². The van der Waals surface area contributed by atoms with Crippen LogP contribution in [0.15, 0.2) is 0 Å². The molecule has 1 saturated heterocycles. The SMILES string of the molecule is COC(=O)N(C)CCCC1CNC1. The third-order valence-electron chi connectivity index (χ3n) is 2.46. The molecular formula is C9H18N2O2. The molecule has 4 nitrogen and oxygen atoms in total. The van der Waals surface area contributed by atoms with E-state index >= 15 is 0 Å². The van der Waals surface area contributed by atoms with Crippen LogP contribution in [-0.4, -0.2) is 44.8 Å². The Balaban J connectivity index is 2.00. The lowest BCUT2D eigenvalue weighted by Crippen LogP contribution is -2.42. The van der Waals surface area contributed by atoms with Gasteiger partial charge >= 0.3 is 6.09 Å². The van der Waals surface area contributed by atoms with Crippen molar-refractivity contribution in [1.29, 1.82) is 0 Å². The van der Waals surface area contributed by atoms with Gasteiger partial charge in [0.15, 0.2) is 0 Å². The van der Waals surface area contributed by atoms with E-state index in [9.17, 15) is 4.79 Å². The van der Waals surface area contributed by atoms with E-state index in [4.69, 9.17) is 0 Å². The van der Waals surface area contributed by atoms with Gasteiger partial charge in [0.25, 0.3) is 0 Å². The summed E-state index contributed by atoms with van der Waals surface area (Å²) in [6, 6.07) is 0. The zero-order valence-corrected chi connectivity index (χ0v) is 8.38. The highest BCUT2D eigenvalue weighted by Gasteiger charge is 2.16. The van der Waals surface area contributed by atoms with Crippen LogP contribution in [0.5, 0.6) is 0 Å². The number of nitrogens with zero attached hydrogens (tertiary/aromatic N) is 1. The first-order valence-electron chi connectivity index (χ1n) is 4.74. The average molecular weight is 186 g/mol. The highest BCUT2D eigenvalue weighted by atomic mass is 16.5. The summed E-state index contributed by atoms with van der Waals surface area (Å²) in [7, 11) is 3.18. The van der Waals surface area contributed by atoms with Crippen molar-refractivity contribution in [2.75, 3.05) is 33.8 Å². The molecule has 1 rings (SSSR count). The molecule has 0 bridgehead atoms. The van der Waals surface area contributed by atoms with Gasteiger partial charge in [-0.2, -0.15) is 0 Å². The molecule has 0 aromatic rings. The lowest BCUT2D eigenvalue weighted by Gasteiger charge is -2.27. The molecule has 1 amide bonds. The van der Waals surface area contributed by atoms with E-state index in [1.165, 1.54) is 13.5 Å². The number of methoxy groups -OCH3 is 1. The molecule has 76 valence electrons. The number of rotatable bonds is 4. The van der Waals surface area contributed by atoms with Gasteiger partial charge in [-0.05, 0) is 31.8 Å². The second kappa shape index (κ2) is 5.07. The van der Waals surface area contributed by atoms with Crippen molar-refractivity contribution < 1.29 is 9.53 Å². The first-order chi connectivity index (χ1) is 6.24. The standard InChI is InChI=1S/C9H18N2O2/c1-11(9(12)13-2)5-3-4-8-6-10-7-8/h8,10H,3-7H2,1-2H3. The molecule has 1 aliphatic rings. The third kappa shape index (κ3) is 3.22. The minimum atomic E-state index is -0.244. The third-order valence-corrected chi connectivity index (χ3v) is 2.46. The summed E-state index contributed by atoms with van der Waals surface area (Å²) in [5.74, 6) is 0.825. The monoisotopic (exact) mass is 186 g/mol. The Morgan fingerprint density at radius 1 is 1.62 bits per heavy atom. The average Bonchev–Trinajstić information content (AvgIpc) is 2.07. The Bertz CT molecular complexity index is 169. The molecule has 0 spiro atoms.